The molecule has 5 heteroatoms. The molecule has 2 amide bonds. The molecule has 0 radical (unpaired) electrons. The number of carbonyl (C=O) groups excluding carboxylic acids is 2. The van der Waals surface area contributed by atoms with E-state index in [2.05, 4.69) is 5.32 Å². The summed E-state index contributed by atoms with van der Waals surface area (Å²) < 4.78 is 0. The summed E-state index contributed by atoms with van der Waals surface area (Å²) in [6.07, 6.45) is 0.00262. The summed E-state index contributed by atoms with van der Waals surface area (Å²) in [4.78, 5) is 34.1. The molecule has 0 bridgehead atoms. The summed E-state index contributed by atoms with van der Waals surface area (Å²) in [5.74, 6) is -1.73. The van der Waals surface area contributed by atoms with Crippen LogP contribution in [0.5, 0.6) is 0 Å². The van der Waals surface area contributed by atoms with E-state index in [-0.39, 0.29) is 25.2 Å². The molecule has 1 heterocycles. The lowest BCUT2D eigenvalue weighted by Crippen LogP contribution is -2.36. The fourth-order valence-electron chi connectivity index (χ4n) is 2.30. The Labute approximate surface area is 104 Å². The minimum Gasteiger partial charge on any atom is -0.481 e. The molecular formula is C13H13NO4. The first-order chi connectivity index (χ1) is 8.54. The predicted octanol–water partition coefficient (Wildman–Crippen LogP) is 0.836. The van der Waals surface area contributed by atoms with Gasteiger partial charge in [-0.05, 0) is 12.0 Å². The third-order valence-electron chi connectivity index (χ3n) is 3.24. The number of imide groups is 1. The second-order valence-corrected chi connectivity index (χ2v) is 4.40. The van der Waals surface area contributed by atoms with E-state index in [1.165, 1.54) is 0 Å². The van der Waals surface area contributed by atoms with E-state index in [4.69, 9.17) is 5.11 Å². The van der Waals surface area contributed by atoms with Crippen molar-refractivity contribution in [3.05, 3.63) is 35.9 Å². The molecule has 0 aromatic heterocycles. The van der Waals surface area contributed by atoms with Gasteiger partial charge in [0.25, 0.3) is 0 Å². The number of rotatable bonds is 4. The third kappa shape index (κ3) is 2.11. The Hall–Kier alpha value is -2.17. The third-order valence-corrected chi connectivity index (χ3v) is 3.24. The largest absolute Gasteiger partial charge is 0.481 e. The lowest BCUT2D eigenvalue weighted by Gasteiger charge is -2.25. The number of hydrogen-bond donors (Lipinski definition) is 2. The van der Waals surface area contributed by atoms with Crippen LogP contribution in [0.1, 0.15) is 24.8 Å². The standard InChI is InChI=1S/C13H13NO4/c15-10-8-13(12(18)14-10,7-6-11(16)17)9-4-2-1-3-5-9/h1-5H,6-8H2,(H,16,17)(H,14,15,18). The van der Waals surface area contributed by atoms with Gasteiger partial charge in [0.15, 0.2) is 0 Å². The number of amides is 2. The van der Waals surface area contributed by atoms with Crippen LogP contribution in [0.15, 0.2) is 30.3 Å². The van der Waals surface area contributed by atoms with Crippen LogP contribution in [0.4, 0.5) is 0 Å². The van der Waals surface area contributed by atoms with Crippen molar-refractivity contribution in [2.24, 2.45) is 0 Å². The van der Waals surface area contributed by atoms with Gasteiger partial charge in [0.2, 0.25) is 11.8 Å². The zero-order chi connectivity index (χ0) is 13.2. The molecule has 1 fully saturated rings. The zero-order valence-corrected chi connectivity index (χ0v) is 9.68. The highest BCUT2D eigenvalue weighted by Crippen LogP contribution is 2.36. The Bertz CT molecular complexity index is 497. The van der Waals surface area contributed by atoms with Gasteiger partial charge in [0, 0.05) is 12.8 Å². The average Bonchev–Trinajstić information content (AvgIpc) is 2.64. The first kappa shape index (κ1) is 12.3. The van der Waals surface area contributed by atoms with E-state index in [1.807, 2.05) is 6.07 Å². The summed E-state index contributed by atoms with van der Waals surface area (Å²) in [5, 5.41) is 11.0. The van der Waals surface area contributed by atoms with Crippen molar-refractivity contribution < 1.29 is 19.5 Å². The highest BCUT2D eigenvalue weighted by atomic mass is 16.4. The summed E-state index contributed by atoms with van der Waals surface area (Å²) in [6, 6.07) is 8.85. The maximum atomic E-state index is 12.0. The van der Waals surface area contributed by atoms with Gasteiger partial charge in [-0.2, -0.15) is 0 Å². The Kier molecular flexibility index (Phi) is 3.14. The van der Waals surface area contributed by atoms with Crippen LogP contribution >= 0.6 is 0 Å². The maximum Gasteiger partial charge on any atom is 0.303 e. The maximum absolute atomic E-state index is 12.0. The van der Waals surface area contributed by atoms with E-state index < -0.39 is 17.3 Å². The van der Waals surface area contributed by atoms with Crippen molar-refractivity contribution in [1.82, 2.24) is 5.32 Å². The molecule has 1 aliphatic heterocycles. The van der Waals surface area contributed by atoms with Crippen LogP contribution in [0.2, 0.25) is 0 Å². The van der Waals surface area contributed by atoms with Gasteiger partial charge in [0.05, 0.1) is 5.41 Å². The molecule has 94 valence electrons. The number of nitrogens with one attached hydrogen (secondary N) is 1. The van der Waals surface area contributed by atoms with Gasteiger partial charge in [-0.15, -0.1) is 0 Å². The summed E-state index contributed by atoms with van der Waals surface area (Å²) in [7, 11) is 0. The fourth-order valence-corrected chi connectivity index (χ4v) is 2.30. The number of aliphatic carboxylic acids is 1. The van der Waals surface area contributed by atoms with Crippen molar-refractivity contribution in [3.63, 3.8) is 0 Å². The molecule has 0 saturated carbocycles. The van der Waals surface area contributed by atoms with Crippen LogP contribution in [0.3, 0.4) is 0 Å². The minimum atomic E-state index is -1.03. The molecule has 1 aliphatic rings. The number of hydrogen-bond acceptors (Lipinski definition) is 3. The van der Waals surface area contributed by atoms with Crippen molar-refractivity contribution in [1.29, 1.82) is 0 Å². The molecule has 1 atom stereocenters. The van der Waals surface area contributed by atoms with Crippen LogP contribution in [-0.2, 0) is 19.8 Å². The van der Waals surface area contributed by atoms with Gasteiger partial charge in [-0.1, -0.05) is 30.3 Å². The lowest BCUT2D eigenvalue weighted by molar-refractivity contribution is -0.137. The molecule has 1 aromatic rings. The van der Waals surface area contributed by atoms with E-state index >= 15 is 0 Å². The summed E-state index contributed by atoms with van der Waals surface area (Å²) in [5.41, 5.74) is -0.342. The molecule has 18 heavy (non-hydrogen) atoms. The molecule has 1 saturated heterocycles. The second-order valence-electron chi connectivity index (χ2n) is 4.40. The van der Waals surface area contributed by atoms with E-state index in [1.54, 1.807) is 24.3 Å². The normalized spacial score (nSPS) is 22.9. The van der Waals surface area contributed by atoms with Crippen LogP contribution < -0.4 is 5.32 Å². The van der Waals surface area contributed by atoms with Gasteiger partial charge >= 0.3 is 5.97 Å². The molecule has 1 aromatic carbocycles. The molecule has 1 unspecified atom stereocenters. The first-order valence-electron chi connectivity index (χ1n) is 5.66. The second kappa shape index (κ2) is 4.60. The average molecular weight is 247 g/mol. The molecule has 0 spiro atoms. The molecular weight excluding hydrogens is 234 g/mol. The summed E-state index contributed by atoms with van der Waals surface area (Å²) in [6.45, 7) is 0. The van der Waals surface area contributed by atoms with Crippen LogP contribution in [-0.4, -0.2) is 22.9 Å². The quantitative estimate of drug-likeness (QED) is 0.772. The van der Waals surface area contributed by atoms with Crippen molar-refractivity contribution in [2.45, 2.75) is 24.7 Å². The summed E-state index contributed by atoms with van der Waals surface area (Å²) >= 11 is 0. The number of carboxylic acid groups (broad SMARTS) is 1. The highest BCUT2D eigenvalue weighted by Gasteiger charge is 2.47. The van der Waals surface area contributed by atoms with E-state index in [0.29, 0.717) is 5.56 Å². The number of benzene rings is 1. The van der Waals surface area contributed by atoms with Gasteiger partial charge in [-0.3, -0.25) is 19.7 Å². The molecule has 5 nitrogen and oxygen atoms in total. The zero-order valence-electron chi connectivity index (χ0n) is 9.68. The Balaban J connectivity index is 2.37. The SMILES string of the molecule is O=C(O)CCC1(c2ccccc2)CC(=O)NC1=O. The monoisotopic (exact) mass is 247 g/mol. The van der Waals surface area contributed by atoms with Gasteiger partial charge in [0.1, 0.15) is 0 Å². The molecule has 2 N–H and O–H groups in total. The van der Waals surface area contributed by atoms with Crippen molar-refractivity contribution >= 4 is 17.8 Å². The smallest absolute Gasteiger partial charge is 0.303 e. The first-order valence-corrected chi connectivity index (χ1v) is 5.66. The van der Waals surface area contributed by atoms with Crippen LogP contribution in [0, 0.1) is 0 Å². The van der Waals surface area contributed by atoms with Crippen molar-refractivity contribution in [2.75, 3.05) is 0 Å². The Morgan fingerprint density at radius 3 is 2.44 bits per heavy atom. The van der Waals surface area contributed by atoms with Crippen LogP contribution in [0.25, 0.3) is 0 Å². The molecule has 2 rings (SSSR count). The lowest BCUT2D eigenvalue weighted by atomic mass is 9.75. The number of carboxylic acids is 1. The fraction of sp³-hybridized carbons (Fsp3) is 0.308. The van der Waals surface area contributed by atoms with Crippen molar-refractivity contribution in [3.8, 4) is 0 Å². The topological polar surface area (TPSA) is 83.5 Å². The highest BCUT2D eigenvalue weighted by molar-refractivity contribution is 6.09. The minimum absolute atomic E-state index is 0.0170. The van der Waals surface area contributed by atoms with E-state index in [0.717, 1.165) is 0 Å². The van der Waals surface area contributed by atoms with Gasteiger partial charge in [-0.25, -0.2) is 0 Å². The van der Waals surface area contributed by atoms with Gasteiger partial charge < -0.3 is 5.11 Å². The Morgan fingerprint density at radius 1 is 1.28 bits per heavy atom. The van der Waals surface area contributed by atoms with E-state index in [9.17, 15) is 14.4 Å². The predicted molar refractivity (Wildman–Crippen MR) is 62.8 cm³/mol. The molecule has 0 aliphatic carbocycles. The Morgan fingerprint density at radius 2 is 1.94 bits per heavy atom. The number of carbonyl (C=O) groups is 3.